The van der Waals surface area contributed by atoms with Crippen LogP contribution in [0.1, 0.15) is 12.5 Å². The first kappa shape index (κ1) is 15.0. The van der Waals surface area contributed by atoms with Gasteiger partial charge in [0.1, 0.15) is 17.5 Å². The van der Waals surface area contributed by atoms with Gasteiger partial charge in [0, 0.05) is 12.3 Å². The number of nitrogens with one attached hydrogen (secondary N) is 1. The van der Waals surface area contributed by atoms with Crippen LogP contribution >= 0.6 is 11.8 Å². The highest BCUT2D eigenvalue weighted by Crippen LogP contribution is 2.22. The van der Waals surface area contributed by atoms with E-state index in [1.807, 2.05) is 13.0 Å². The molecule has 0 aliphatic rings. The molecule has 0 radical (unpaired) electrons. The fraction of sp³-hybridized carbons (Fsp3) is 0.231. The number of anilines is 3. The van der Waals surface area contributed by atoms with Gasteiger partial charge in [-0.3, -0.25) is 4.79 Å². The van der Waals surface area contributed by atoms with Gasteiger partial charge in [-0.25, -0.2) is 15.0 Å². The molecule has 0 fully saturated rings. The highest BCUT2D eigenvalue weighted by atomic mass is 32.2. The molecule has 0 aliphatic heterocycles. The van der Waals surface area contributed by atoms with Crippen molar-refractivity contribution >= 4 is 35.1 Å². The lowest BCUT2D eigenvalue weighted by Gasteiger charge is -2.11. The summed E-state index contributed by atoms with van der Waals surface area (Å²) in [4.78, 5) is 24.3. The predicted molar refractivity (Wildman–Crippen MR) is 83.8 cm³/mol. The minimum absolute atomic E-state index is 0.192. The largest absolute Gasteiger partial charge is 0.383 e. The van der Waals surface area contributed by atoms with Crippen molar-refractivity contribution in [1.82, 2.24) is 15.0 Å². The molecule has 21 heavy (non-hydrogen) atoms. The summed E-state index contributed by atoms with van der Waals surface area (Å²) in [6.45, 7) is 3.68. The zero-order valence-corrected chi connectivity index (χ0v) is 12.5. The second-order valence-corrected chi connectivity index (χ2v) is 5.78. The van der Waals surface area contributed by atoms with Gasteiger partial charge in [-0.05, 0) is 31.5 Å². The van der Waals surface area contributed by atoms with E-state index >= 15 is 0 Å². The molecule has 0 aliphatic carbocycles. The third-order valence-electron chi connectivity index (χ3n) is 2.56. The molecule has 1 atom stereocenters. The van der Waals surface area contributed by atoms with E-state index in [0.29, 0.717) is 11.0 Å². The number of pyridine rings is 1. The van der Waals surface area contributed by atoms with Crippen LogP contribution in [0, 0.1) is 6.92 Å². The monoisotopic (exact) mass is 304 g/mol. The average molecular weight is 304 g/mol. The maximum absolute atomic E-state index is 12.1. The van der Waals surface area contributed by atoms with E-state index in [0.717, 1.165) is 5.56 Å². The molecule has 2 rings (SSSR count). The number of hydrogen-bond donors (Lipinski definition) is 3. The number of carbonyl (C=O) groups excluding carboxylic acids is 1. The van der Waals surface area contributed by atoms with Crippen molar-refractivity contribution in [1.29, 1.82) is 0 Å². The molecule has 0 aromatic carbocycles. The van der Waals surface area contributed by atoms with Crippen LogP contribution in [0.4, 0.5) is 17.5 Å². The van der Waals surface area contributed by atoms with E-state index in [1.165, 1.54) is 17.8 Å². The Kier molecular flexibility index (Phi) is 4.59. The molecule has 2 aromatic heterocycles. The molecule has 2 heterocycles. The van der Waals surface area contributed by atoms with E-state index in [2.05, 4.69) is 20.3 Å². The minimum Gasteiger partial charge on any atom is -0.383 e. The third kappa shape index (κ3) is 4.32. The Morgan fingerprint density at radius 3 is 2.57 bits per heavy atom. The van der Waals surface area contributed by atoms with E-state index in [9.17, 15) is 4.79 Å². The Bertz CT molecular complexity index is 643. The van der Waals surface area contributed by atoms with Crippen molar-refractivity contribution in [3.8, 4) is 0 Å². The van der Waals surface area contributed by atoms with Gasteiger partial charge in [-0.1, -0.05) is 11.8 Å². The standard InChI is InChI=1S/C13H16N6OS/c1-7-3-4-16-11(5-7)19-12(20)8(2)21-13-17-9(14)6-10(15)18-13/h3-6,8H,1-2H3,(H,16,19,20)(H4,14,15,17,18). The molecule has 0 spiro atoms. The Labute approximate surface area is 126 Å². The number of nitrogens with two attached hydrogens (primary N) is 2. The summed E-state index contributed by atoms with van der Waals surface area (Å²) < 4.78 is 0. The van der Waals surface area contributed by atoms with E-state index < -0.39 is 5.25 Å². The number of carbonyl (C=O) groups is 1. The molecule has 0 saturated carbocycles. The van der Waals surface area contributed by atoms with E-state index in [1.54, 1.807) is 19.2 Å². The normalized spacial score (nSPS) is 11.9. The highest BCUT2D eigenvalue weighted by Gasteiger charge is 2.17. The van der Waals surface area contributed by atoms with Crippen LogP contribution in [0.25, 0.3) is 0 Å². The molecule has 1 unspecified atom stereocenters. The molecule has 0 bridgehead atoms. The van der Waals surface area contributed by atoms with Crippen molar-refractivity contribution in [2.75, 3.05) is 16.8 Å². The SMILES string of the molecule is Cc1ccnc(NC(=O)C(C)Sc2nc(N)cc(N)n2)c1. The molecule has 0 saturated heterocycles. The number of nitrogens with zero attached hydrogens (tertiary/aromatic N) is 3. The second-order valence-electron chi connectivity index (χ2n) is 4.47. The summed E-state index contributed by atoms with van der Waals surface area (Å²) >= 11 is 1.18. The first-order chi connectivity index (χ1) is 9.94. The fourth-order valence-electron chi connectivity index (χ4n) is 1.56. The number of aromatic nitrogens is 3. The van der Waals surface area contributed by atoms with Gasteiger partial charge in [-0.15, -0.1) is 0 Å². The predicted octanol–water partition coefficient (Wildman–Crippen LogP) is 1.46. The van der Waals surface area contributed by atoms with Gasteiger partial charge < -0.3 is 16.8 Å². The van der Waals surface area contributed by atoms with Crippen LogP contribution in [0.3, 0.4) is 0 Å². The Morgan fingerprint density at radius 1 is 1.29 bits per heavy atom. The minimum atomic E-state index is -0.409. The van der Waals surface area contributed by atoms with Gasteiger partial charge in [0.2, 0.25) is 5.91 Å². The van der Waals surface area contributed by atoms with Crippen LogP contribution in [0.2, 0.25) is 0 Å². The molecule has 2 aromatic rings. The average Bonchev–Trinajstić information content (AvgIpc) is 2.37. The molecule has 7 nitrogen and oxygen atoms in total. The number of rotatable bonds is 4. The Morgan fingerprint density at radius 2 is 1.95 bits per heavy atom. The summed E-state index contributed by atoms with van der Waals surface area (Å²) in [5, 5.41) is 2.70. The topological polar surface area (TPSA) is 120 Å². The van der Waals surface area contributed by atoms with Gasteiger partial charge in [-0.2, -0.15) is 0 Å². The lowest BCUT2D eigenvalue weighted by atomic mass is 10.3. The lowest BCUT2D eigenvalue weighted by Crippen LogP contribution is -2.23. The van der Waals surface area contributed by atoms with Crippen molar-refractivity contribution in [2.45, 2.75) is 24.3 Å². The van der Waals surface area contributed by atoms with Gasteiger partial charge >= 0.3 is 0 Å². The molecular weight excluding hydrogens is 288 g/mol. The maximum Gasteiger partial charge on any atom is 0.238 e. The van der Waals surface area contributed by atoms with Crippen LogP contribution in [0.5, 0.6) is 0 Å². The number of hydrogen-bond acceptors (Lipinski definition) is 7. The first-order valence-electron chi connectivity index (χ1n) is 6.24. The van der Waals surface area contributed by atoms with Crippen LogP contribution in [-0.4, -0.2) is 26.1 Å². The van der Waals surface area contributed by atoms with Gasteiger partial charge in [0.05, 0.1) is 5.25 Å². The Balaban J connectivity index is 2.02. The number of thioether (sulfide) groups is 1. The summed E-state index contributed by atoms with van der Waals surface area (Å²) in [6.07, 6.45) is 1.64. The molecule has 1 amide bonds. The molecule has 8 heteroatoms. The smallest absolute Gasteiger partial charge is 0.238 e. The molecule has 5 N–H and O–H groups in total. The van der Waals surface area contributed by atoms with Crippen molar-refractivity contribution < 1.29 is 4.79 Å². The third-order valence-corrected chi connectivity index (χ3v) is 3.52. The number of nitrogen functional groups attached to an aromatic ring is 2. The highest BCUT2D eigenvalue weighted by molar-refractivity contribution is 8.00. The summed E-state index contributed by atoms with van der Waals surface area (Å²) in [5.74, 6) is 0.874. The van der Waals surface area contributed by atoms with Crippen molar-refractivity contribution in [2.24, 2.45) is 0 Å². The zero-order chi connectivity index (χ0) is 15.4. The second kappa shape index (κ2) is 6.40. The maximum atomic E-state index is 12.1. The van der Waals surface area contributed by atoms with Gasteiger partial charge in [0.25, 0.3) is 0 Å². The number of aryl methyl sites for hydroxylation is 1. The zero-order valence-electron chi connectivity index (χ0n) is 11.7. The van der Waals surface area contributed by atoms with Crippen molar-refractivity contribution in [3.05, 3.63) is 30.0 Å². The summed E-state index contributed by atoms with van der Waals surface area (Å²) in [6, 6.07) is 5.12. The Hall–Kier alpha value is -2.35. The summed E-state index contributed by atoms with van der Waals surface area (Å²) in [7, 11) is 0. The quantitative estimate of drug-likeness (QED) is 0.577. The first-order valence-corrected chi connectivity index (χ1v) is 7.12. The molecular formula is C13H16N6OS. The van der Waals surface area contributed by atoms with E-state index in [-0.39, 0.29) is 17.5 Å². The fourth-order valence-corrected chi connectivity index (χ4v) is 2.36. The van der Waals surface area contributed by atoms with Crippen LogP contribution < -0.4 is 16.8 Å². The number of amides is 1. The lowest BCUT2D eigenvalue weighted by molar-refractivity contribution is -0.115. The summed E-state index contributed by atoms with van der Waals surface area (Å²) in [5.41, 5.74) is 12.2. The molecule has 110 valence electrons. The van der Waals surface area contributed by atoms with Gasteiger partial charge in [0.15, 0.2) is 5.16 Å². The van der Waals surface area contributed by atoms with Crippen LogP contribution in [-0.2, 0) is 4.79 Å². The van der Waals surface area contributed by atoms with Crippen molar-refractivity contribution in [3.63, 3.8) is 0 Å². The van der Waals surface area contributed by atoms with E-state index in [4.69, 9.17) is 11.5 Å². The van der Waals surface area contributed by atoms with Crippen LogP contribution in [0.15, 0.2) is 29.6 Å².